The smallest absolute Gasteiger partial charge is 0.328 e. The van der Waals surface area contributed by atoms with E-state index in [1.165, 1.54) is 6.08 Å². The molecular formula is C14H17BrO4. The van der Waals surface area contributed by atoms with Crippen LogP contribution in [0.5, 0.6) is 11.5 Å². The molecule has 1 aromatic rings. The minimum absolute atomic E-state index is 0.579. The normalized spacial score (nSPS) is 10.7. The lowest BCUT2D eigenvalue weighted by atomic mass is 10.2. The molecule has 0 heterocycles. The SMILES string of the molecule is CCCCOc1c(Br)cc(C=CC(=O)O)cc1OC. The predicted octanol–water partition coefficient (Wildman–Crippen LogP) is 3.73. The quantitative estimate of drug-likeness (QED) is 0.612. The number of rotatable bonds is 7. The first-order valence-electron chi connectivity index (χ1n) is 5.99. The van der Waals surface area contributed by atoms with E-state index < -0.39 is 5.97 Å². The molecule has 0 aromatic heterocycles. The second-order valence-electron chi connectivity index (χ2n) is 3.91. The van der Waals surface area contributed by atoms with Gasteiger partial charge in [0.25, 0.3) is 0 Å². The Hall–Kier alpha value is -1.49. The molecule has 4 nitrogen and oxygen atoms in total. The third kappa shape index (κ3) is 4.95. The molecule has 0 spiro atoms. The highest BCUT2D eigenvalue weighted by Crippen LogP contribution is 2.37. The Labute approximate surface area is 121 Å². The number of carbonyl (C=O) groups is 1. The maximum Gasteiger partial charge on any atom is 0.328 e. The fourth-order valence-corrected chi connectivity index (χ4v) is 2.04. The van der Waals surface area contributed by atoms with E-state index in [-0.39, 0.29) is 0 Å². The Balaban J connectivity index is 2.97. The van der Waals surface area contributed by atoms with Crippen LogP contribution in [0, 0.1) is 0 Å². The minimum Gasteiger partial charge on any atom is -0.493 e. The molecule has 0 atom stereocenters. The molecule has 0 amide bonds. The standard InChI is InChI=1S/C14H17BrO4/c1-3-4-7-19-14-11(15)8-10(5-6-13(16)17)9-12(14)18-2/h5-6,8-9H,3-4,7H2,1-2H3,(H,16,17). The lowest BCUT2D eigenvalue weighted by Gasteiger charge is -2.13. The van der Waals surface area contributed by atoms with Crippen molar-refractivity contribution >= 4 is 28.0 Å². The van der Waals surface area contributed by atoms with Crippen LogP contribution in [0.15, 0.2) is 22.7 Å². The van der Waals surface area contributed by atoms with E-state index in [0.717, 1.165) is 29.0 Å². The Morgan fingerprint density at radius 1 is 1.47 bits per heavy atom. The summed E-state index contributed by atoms with van der Waals surface area (Å²) in [5, 5.41) is 8.61. The van der Waals surface area contributed by atoms with Crippen molar-refractivity contribution in [1.82, 2.24) is 0 Å². The van der Waals surface area contributed by atoms with Gasteiger partial charge in [-0.3, -0.25) is 0 Å². The molecule has 0 saturated carbocycles. The zero-order valence-corrected chi connectivity index (χ0v) is 12.6. The Bertz CT molecular complexity index is 469. The number of benzene rings is 1. The maximum absolute atomic E-state index is 10.5. The Morgan fingerprint density at radius 3 is 2.79 bits per heavy atom. The fraction of sp³-hybridized carbons (Fsp3) is 0.357. The van der Waals surface area contributed by atoms with Gasteiger partial charge in [-0.1, -0.05) is 13.3 Å². The van der Waals surface area contributed by atoms with Crippen LogP contribution in [0.25, 0.3) is 6.08 Å². The van der Waals surface area contributed by atoms with E-state index in [9.17, 15) is 4.79 Å². The third-order valence-electron chi connectivity index (χ3n) is 2.41. The van der Waals surface area contributed by atoms with Gasteiger partial charge in [-0.15, -0.1) is 0 Å². The summed E-state index contributed by atoms with van der Waals surface area (Å²) in [6.45, 7) is 2.71. The third-order valence-corrected chi connectivity index (χ3v) is 3.00. The molecule has 1 rings (SSSR count). The molecule has 0 saturated heterocycles. The van der Waals surface area contributed by atoms with Crippen LogP contribution in [0.3, 0.4) is 0 Å². The van der Waals surface area contributed by atoms with Crippen LogP contribution < -0.4 is 9.47 Å². The van der Waals surface area contributed by atoms with Crippen LogP contribution in [0.2, 0.25) is 0 Å². The zero-order chi connectivity index (χ0) is 14.3. The molecule has 0 unspecified atom stereocenters. The monoisotopic (exact) mass is 328 g/mol. The highest BCUT2D eigenvalue weighted by atomic mass is 79.9. The first-order valence-corrected chi connectivity index (χ1v) is 6.79. The summed E-state index contributed by atoms with van der Waals surface area (Å²) >= 11 is 3.41. The molecule has 0 bridgehead atoms. The van der Waals surface area contributed by atoms with E-state index in [1.807, 2.05) is 0 Å². The molecule has 104 valence electrons. The van der Waals surface area contributed by atoms with Gasteiger partial charge < -0.3 is 14.6 Å². The topological polar surface area (TPSA) is 55.8 Å². The van der Waals surface area contributed by atoms with Gasteiger partial charge in [0.15, 0.2) is 11.5 Å². The largest absolute Gasteiger partial charge is 0.493 e. The highest BCUT2D eigenvalue weighted by Gasteiger charge is 2.10. The number of hydrogen-bond donors (Lipinski definition) is 1. The number of hydrogen-bond acceptors (Lipinski definition) is 3. The van der Waals surface area contributed by atoms with Gasteiger partial charge in [0.05, 0.1) is 18.2 Å². The molecule has 0 radical (unpaired) electrons. The molecular weight excluding hydrogens is 312 g/mol. The average Bonchev–Trinajstić information content (AvgIpc) is 2.38. The van der Waals surface area contributed by atoms with E-state index in [2.05, 4.69) is 22.9 Å². The van der Waals surface area contributed by atoms with Crippen molar-refractivity contribution in [3.8, 4) is 11.5 Å². The number of carboxylic acid groups (broad SMARTS) is 1. The molecule has 0 aliphatic carbocycles. The summed E-state index contributed by atoms with van der Waals surface area (Å²) in [6, 6.07) is 3.54. The molecule has 0 aliphatic rings. The number of carboxylic acids is 1. The van der Waals surface area contributed by atoms with E-state index in [0.29, 0.717) is 18.1 Å². The van der Waals surface area contributed by atoms with E-state index >= 15 is 0 Å². The second kappa shape index (κ2) is 7.84. The highest BCUT2D eigenvalue weighted by molar-refractivity contribution is 9.10. The van der Waals surface area contributed by atoms with Crippen molar-refractivity contribution in [3.05, 3.63) is 28.2 Å². The Kier molecular flexibility index (Phi) is 6.42. The van der Waals surface area contributed by atoms with Gasteiger partial charge in [-0.05, 0) is 46.1 Å². The first-order chi connectivity index (χ1) is 9.08. The molecule has 5 heteroatoms. The van der Waals surface area contributed by atoms with Crippen LogP contribution in [0.1, 0.15) is 25.3 Å². The van der Waals surface area contributed by atoms with Crippen molar-refractivity contribution in [2.45, 2.75) is 19.8 Å². The molecule has 0 fully saturated rings. The van der Waals surface area contributed by atoms with Gasteiger partial charge in [0.2, 0.25) is 0 Å². The van der Waals surface area contributed by atoms with Crippen molar-refractivity contribution in [2.24, 2.45) is 0 Å². The van der Waals surface area contributed by atoms with Crippen LogP contribution in [-0.4, -0.2) is 24.8 Å². The number of halogens is 1. The average molecular weight is 329 g/mol. The summed E-state index contributed by atoms with van der Waals surface area (Å²) in [5.74, 6) is 0.234. The van der Waals surface area contributed by atoms with Crippen LogP contribution in [-0.2, 0) is 4.79 Å². The fourth-order valence-electron chi connectivity index (χ4n) is 1.46. The van der Waals surface area contributed by atoms with Crippen molar-refractivity contribution < 1.29 is 19.4 Å². The molecule has 19 heavy (non-hydrogen) atoms. The van der Waals surface area contributed by atoms with E-state index in [1.54, 1.807) is 19.2 Å². The van der Waals surface area contributed by atoms with Crippen molar-refractivity contribution in [1.29, 1.82) is 0 Å². The van der Waals surface area contributed by atoms with Gasteiger partial charge in [0, 0.05) is 6.08 Å². The summed E-state index contributed by atoms with van der Waals surface area (Å²) in [5.41, 5.74) is 0.731. The number of aliphatic carboxylic acids is 1. The van der Waals surface area contributed by atoms with Gasteiger partial charge in [-0.25, -0.2) is 4.79 Å². The second-order valence-corrected chi connectivity index (χ2v) is 4.76. The number of unbranched alkanes of at least 4 members (excludes halogenated alkanes) is 1. The van der Waals surface area contributed by atoms with Crippen molar-refractivity contribution in [2.75, 3.05) is 13.7 Å². The summed E-state index contributed by atoms with van der Waals surface area (Å²) in [7, 11) is 1.55. The van der Waals surface area contributed by atoms with Gasteiger partial charge >= 0.3 is 5.97 Å². The van der Waals surface area contributed by atoms with Gasteiger partial charge in [-0.2, -0.15) is 0 Å². The van der Waals surface area contributed by atoms with Crippen LogP contribution in [0.4, 0.5) is 0 Å². The maximum atomic E-state index is 10.5. The number of methoxy groups -OCH3 is 1. The molecule has 1 aromatic carbocycles. The zero-order valence-electron chi connectivity index (χ0n) is 11.0. The minimum atomic E-state index is -0.988. The van der Waals surface area contributed by atoms with E-state index in [4.69, 9.17) is 14.6 Å². The van der Waals surface area contributed by atoms with Crippen LogP contribution >= 0.6 is 15.9 Å². The summed E-state index contributed by atoms with van der Waals surface area (Å²) in [4.78, 5) is 10.5. The molecule has 0 aliphatic heterocycles. The summed E-state index contributed by atoms with van der Waals surface area (Å²) < 4.78 is 11.7. The summed E-state index contributed by atoms with van der Waals surface area (Å²) in [6.07, 6.45) is 4.61. The van der Waals surface area contributed by atoms with Crippen molar-refractivity contribution in [3.63, 3.8) is 0 Å². The Morgan fingerprint density at radius 2 is 2.21 bits per heavy atom. The first kappa shape index (κ1) is 15.6. The lowest BCUT2D eigenvalue weighted by molar-refractivity contribution is -0.131. The number of ether oxygens (including phenoxy) is 2. The predicted molar refractivity (Wildman–Crippen MR) is 77.8 cm³/mol. The lowest BCUT2D eigenvalue weighted by Crippen LogP contribution is -2.00. The molecule has 1 N–H and O–H groups in total. The van der Waals surface area contributed by atoms with Gasteiger partial charge in [0.1, 0.15) is 0 Å².